The van der Waals surface area contributed by atoms with E-state index in [1.54, 1.807) is 12.1 Å². The molecule has 2 rings (SSSR count). The van der Waals surface area contributed by atoms with E-state index in [0.29, 0.717) is 0 Å². The minimum absolute atomic E-state index is 0.0287. The van der Waals surface area contributed by atoms with E-state index < -0.39 is 11.9 Å². The highest BCUT2D eigenvalue weighted by Crippen LogP contribution is 2.29. The zero-order chi connectivity index (χ0) is 14.9. The molecule has 0 aromatic heterocycles. The number of carbonyl (C=O) groups is 2. The second-order valence-electron chi connectivity index (χ2n) is 3.91. The van der Waals surface area contributed by atoms with Crippen LogP contribution in [0.1, 0.15) is 31.8 Å². The van der Waals surface area contributed by atoms with E-state index in [-0.39, 0.29) is 33.0 Å². The van der Waals surface area contributed by atoms with Gasteiger partial charge in [0.05, 0.1) is 22.3 Å². The van der Waals surface area contributed by atoms with Gasteiger partial charge in [0.25, 0.3) is 0 Å². The Bertz CT molecular complexity index is 829. The van der Waals surface area contributed by atoms with Gasteiger partial charge in [-0.05, 0) is 17.5 Å². The van der Waals surface area contributed by atoms with E-state index in [0.717, 1.165) is 6.07 Å². The van der Waals surface area contributed by atoms with Gasteiger partial charge in [0, 0.05) is 5.39 Å². The predicted molar refractivity (Wildman–Crippen MR) is 67.3 cm³/mol. The van der Waals surface area contributed by atoms with E-state index in [1.165, 1.54) is 18.2 Å². The molecule has 6 heteroatoms. The fourth-order valence-electron chi connectivity index (χ4n) is 2.03. The summed E-state index contributed by atoms with van der Waals surface area (Å²) in [5, 5.41) is 36.5. The smallest absolute Gasteiger partial charge is 0.336 e. The van der Waals surface area contributed by atoms with E-state index in [4.69, 9.17) is 20.7 Å². The Kier molecular flexibility index (Phi) is 3.08. The SMILES string of the molecule is N#Cc1cc(C(=O)O)c2cccc(C(=O)O)c2c1C#N. The summed E-state index contributed by atoms with van der Waals surface area (Å²) in [6.07, 6.45) is 0. The molecule has 20 heavy (non-hydrogen) atoms. The third-order valence-corrected chi connectivity index (χ3v) is 2.86. The average Bonchev–Trinajstić information content (AvgIpc) is 2.44. The first-order valence-corrected chi connectivity index (χ1v) is 5.37. The number of hydrogen-bond acceptors (Lipinski definition) is 4. The van der Waals surface area contributed by atoms with E-state index in [9.17, 15) is 9.59 Å². The van der Waals surface area contributed by atoms with Crippen molar-refractivity contribution in [3.63, 3.8) is 0 Å². The Balaban J connectivity index is 3.14. The van der Waals surface area contributed by atoms with Gasteiger partial charge in [0.1, 0.15) is 12.1 Å². The van der Waals surface area contributed by atoms with Crippen molar-refractivity contribution in [1.82, 2.24) is 0 Å². The molecule has 0 radical (unpaired) electrons. The third kappa shape index (κ3) is 1.82. The summed E-state index contributed by atoms with van der Waals surface area (Å²) in [4.78, 5) is 22.4. The molecule has 0 heterocycles. The Hall–Kier alpha value is -3.38. The van der Waals surface area contributed by atoms with Crippen LogP contribution < -0.4 is 0 Å². The second-order valence-corrected chi connectivity index (χ2v) is 3.91. The lowest BCUT2D eigenvalue weighted by atomic mass is 9.92. The number of rotatable bonds is 2. The van der Waals surface area contributed by atoms with Crippen LogP contribution in [0.4, 0.5) is 0 Å². The molecule has 0 aliphatic heterocycles. The molecule has 0 spiro atoms. The topological polar surface area (TPSA) is 122 Å². The number of benzene rings is 2. The van der Waals surface area contributed by atoms with Gasteiger partial charge in [-0.15, -0.1) is 0 Å². The average molecular weight is 266 g/mol. The van der Waals surface area contributed by atoms with Crippen LogP contribution in [0.15, 0.2) is 24.3 Å². The molecular weight excluding hydrogens is 260 g/mol. The molecular formula is C14H6N2O4. The lowest BCUT2D eigenvalue weighted by molar-refractivity contribution is 0.0686. The number of nitriles is 2. The molecule has 2 N–H and O–H groups in total. The Morgan fingerprint density at radius 3 is 2.15 bits per heavy atom. The number of carboxylic acid groups (broad SMARTS) is 2. The molecule has 0 fully saturated rings. The highest BCUT2D eigenvalue weighted by molar-refractivity contribution is 6.13. The molecule has 0 unspecified atom stereocenters. The van der Waals surface area contributed by atoms with Gasteiger partial charge in [-0.1, -0.05) is 12.1 Å². The summed E-state index contributed by atoms with van der Waals surface area (Å²) in [6, 6.07) is 8.64. The molecule has 2 aromatic rings. The summed E-state index contributed by atoms with van der Waals surface area (Å²) in [5.41, 5.74) is -0.714. The standard InChI is InChI=1S/C14H6N2O4/c15-5-7-4-10(14(19)20)8-2-1-3-9(13(17)18)12(8)11(7)6-16/h1-4H,(H,17,18)(H,19,20). The zero-order valence-electron chi connectivity index (χ0n) is 9.91. The van der Waals surface area contributed by atoms with Gasteiger partial charge in [-0.3, -0.25) is 0 Å². The molecule has 0 aliphatic rings. The van der Waals surface area contributed by atoms with E-state index >= 15 is 0 Å². The molecule has 0 aliphatic carbocycles. The van der Waals surface area contributed by atoms with Gasteiger partial charge < -0.3 is 10.2 Å². The molecule has 96 valence electrons. The van der Waals surface area contributed by atoms with Crippen molar-refractivity contribution in [2.45, 2.75) is 0 Å². The van der Waals surface area contributed by atoms with Crippen molar-refractivity contribution in [2.75, 3.05) is 0 Å². The normalized spacial score (nSPS) is 9.70. The maximum atomic E-state index is 11.2. The van der Waals surface area contributed by atoms with Gasteiger partial charge in [-0.25, -0.2) is 9.59 Å². The molecule has 0 saturated heterocycles. The van der Waals surface area contributed by atoms with Gasteiger partial charge >= 0.3 is 11.9 Å². The summed E-state index contributed by atoms with van der Waals surface area (Å²) < 4.78 is 0. The molecule has 0 saturated carbocycles. The minimum atomic E-state index is -1.29. The lowest BCUT2D eigenvalue weighted by Crippen LogP contribution is -2.05. The fraction of sp³-hybridized carbons (Fsp3) is 0. The Morgan fingerprint density at radius 1 is 1.00 bits per heavy atom. The summed E-state index contributed by atoms with van der Waals surface area (Å²) in [7, 11) is 0. The first-order chi connectivity index (χ1) is 9.51. The maximum Gasteiger partial charge on any atom is 0.336 e. The first-order valence-electron chi connectivity index (χ1n) is 5.37. The van der Waals surface area contributed by atoms with Crippen LogP contribution in [-0.2, 0) is 0 Å². The van der Waals surface area contributed by atoms with Crippen molar-refractivity contribution in [2.24, 2.45) is 0 Å². The second kappa shape index (κ2) is 4.71. The van der Waals surface area contributed by atoms with E-state index in [2.05, 4.69) is 0 Å². The fourth-order valence-corrected chi connectivity index (χ4v) is 2.03. The van der Waals surface area contributed by atoms with Crippen LogP contribution in [0.25, 0.3) is 10.8 Å². The number of hydrogen-bond donors (Lipinski definition) is 2. The maximum absolute atomic E-state index is 11.2. The highest BCUT2D eigenvalue weighted by Gasteiger charge is 2.20. The number of nitrogens with zero attached hydrogens (tertiary/aromatic N) is 2. The van der Waals surface area contributed by atoms with Crippen molar-refractivity contribution in [3.05, 3.63) is 46.5 Å². The van der Waals surface area contributed by atoms with Crippen LogP contribution in [0.3, 0.4) is 0 Å². The van der Waals surface area contributed by atoms with Crippen molar-refractivity contribution >= 4 is 22.7 Å². The molecule has 0 amide bonds. The number of carboxylic acids is 2. The van der Waals surface area contributed by atoms with Gasteiger partial charge in [0.2, 0.25) is 0 Å². The zero-order valence-corrected chi connectivity index (χ0v) is 9.91. The summed E-state index contributed by atoms with van der Waals surface area (Å²) in [6.45, 7) is 0. The van der Waals surface area contributed by atoms with Crippen molar-refractivity contribution in [3.8, 4) is 12.1 Å². The van der Waals surface area contributed by atoms with Crippen LogP contribution in [0, 0.1) is 22.7 Å². The van der Waals surface area contributed by atoms with Crippen LogP contribution in [0.5, 0.6) is 0 Å². The van der Waals surface area contributed by atoms with Crippen LogP contribution in [0.2, 0.25) is 0 Å². The quantitative estimate of drug-likeness (QED) is 0.856. The van der Waals surface area contributed by atoms with Crippen molar-refractivity contribution < 1.29 is 19.8 Å². The Morgan fingerprint density at radius 2 is 1.65 bits per heavy atom. The first kappa shape index (κ1) is 13.1. The molecule has 0 atom stereocenters. The van der Waals surface area contributed by atoms with Gasteiger partial charge in [0.15, 0.2) is 0 Å². The van der Waals surface area contributed by atoms with Gasteiger partial charge in [-0.2, -0.15) is 10.5 Å². The third-order valence-electron chi connectivity index (χ3n) is 2.86. The predicted octanol–water partition coefficient (Wildman–Crippen LogP) is 1.98. The van der Waals surface area contributed by atoms with Crippen molar-refractivity contribution in [1.29, 1.82) is 10.5 Å². The Labute approximate surface area is 112 Å². The van der Waals surface area contributed by atoms with Crippen LogP contribution >= 0.6 is 0 Å². The minimum Gasteiger partial charge on any atom is -0.478 e. The molecule has 2 aromatic carbocycles. The van der Waals surface area contributed by atoms with E-state index in [1.807, 2.05) is 0 Å². The molecule has 6 nitrogen and oxygen atoms in total. The monoisotopic (exact) mass is 266 g/mol. The highest BCUT2D eigenvalue weighted by atomic mass is 16.4. The molecule has 0 bridgehead atoms. The largest absolute Gasteiger partial charge is 0.478 e. The summed E-state index contributed by atoms with van der Waals surface area (Å²) in [5.74, 6) is -2.59. The number of fused-ring (bicyclic) bond motifs is 1. The van der Waals surface area contributed by atoms with Crippen LogP contribution in [-0.4, -0.2) is 22.2 Å². The summed E-state index contributed by atoms with van der Waals surface area (Å²) >= 11 is 0. The number of aromatic carboxylic acids is 2. The lowest BCUT2D eigenvalue weighted by Gasteiger charge is -2.09.